The van der Waals surface area contributed by atoms with Gasteiger partial charge in [0.15, 0.2) is 0 Å². The first-order valence-corrected chi connectivity index (χ1v) is 6.32. The molecule has 0 bridgehead atoms. The maximum absolute atomic E-state index is 11.1. The van der Waals surface area contributed by atoms with Gasteiger partial charge in [-0.15, -0.1) is 0 Å². The Kier molecular flexibility index (Phi) is 4.20. The maximum atomic E-state index is 11.1. The van der Waals surface area contributed by atoms with Crippen LogP contribution in [0.2, 0.25) is 0 Å². The minimum absolute atomic E-state index is 0.317. The highest BCUT2D eigenvalue weighted by Crippen LogP contribution is 2.28. The van der Waals surface area contributed by atoms with E-state index in [2.05, 4.69) is 5.32 Å². The molecule has 1 aromatic rings. The van der Waals surface area contributed by atoms with E-state index in [-0.39, 0.29) is 0 Å². The number of aryl methyl sites for hydroxylation is 1. The topological polar surface area (TPSA) is 58.6 Å². The van der Waals surface area contributed by atoms with E-state index in [1.165, 1.54) is 12.8 Å². The average Bonchev–Trinajstić information content (AvgIpc) is 3.14. The van der Waals surface area contributed by atoms with Gasteiger partial charge < -0.3 is 15.2 Å². The summed E-state index contributed by atoms with van der Waals surface area (Å²) in [4.78, 5) is 11.1. The Bertz CT molecular complexity index is 427. The predicted octanol–water partition coefficient (Wildman–Crippen LogP) is 2.53. The van der Waals surface area contributed by atoms with Crippen molar-refractivity contribution in [3.63, 3.8) is 0 Å². The molecule has 0 heterocycles. The molecule has 1 fully saturated rings. The molecule has 0 aliphatic heterocycles. The predicted molar refractivity (Wildman–Crippen MR) is 70.2 cm³/mol. The van der Waals surface area contributed by atoms with E-state index in [0.29, 0.717) is 24.4 Å². The minimum atomic E-state index is -0.903. The number of rotatable bonds is 7. The highest BCUT2D eigenvalue weighted by Gasteiger charge is 2.20. The van der Waals surface area contributed by atoms with E-state index in [9.17, 15) is 4.79 Å². The fraction of sp³-hybridized carbons (Fsp3) is 0.500. The molecule has 0 spiro atoms. The van der Waals surface area contributed by atoms with E-state index in [0.717, 1.165) is 18.1 Å². The lowest BCUT2D eigenvalue weighted by molar-refractivity contribution is 0.0697. The summed E-state index contributed by atoms with van der Waals surface area (Å²) in [7, 11) is 0. The molecule has 0 atom stereocenters. The summed E-state index contributed by atoms with van der Waals surface area (Å²) in [5.41, 5.74) is 1.92. The molecule has 0 unspecified atom stereocenters. The van der Waals surface area contributed by atoms with Crippen LogP contribution in [0.1, 0.15) is 28.8 Å². The van der Waals surface area contributed by atoms with E-state index in [1.54, 1.807) is 12.1 Å². The Morgan fingerprint density at radius 2 is 2.28 bits per heavy atom. The highest BCUT2D eigenvalue weighted by atomic mass is 16.5. The molecule has 4 heteroatoms. The van der Waals surface area contributed by atoms with E-state index in [1.807, 2.05) is 13.0 Å². The zero-order chi connectivity index (χ0) is 13.0. The van der Waals surface area contributed by atoms with Crippen molar-refractivity contribution in [2.45, 2.75) is 19.8 Å². The molecule has 1 aliphatic carbocycles. The molecule has 0 radical (unpaired) electrons. The van der Waals surface area contributed by atoms with Crippen molar-refractivity contribution in [2.24, 2.45) is 5.92 Å². The number of anilines is 1. The summed E-state index contributed by atoms with van der Waals surface area (Å²) >= 11 is 0. The maximum Gasteiger partial charge on any atom is 0.337 e. The highest BCUT2D eigenvalue weighted by molar-refractivity contribution is 5.94. The lowest BCUT2D eigenvalue weighted by Gasteiger charge is -2.10. The normalized spacial score (nSPS) is 14.5. The molecule has 0 saturated heterocycles. The van der Waals surface area contributed by atoms with Crippen LogP contribution in [0.3, 0.4) is 0 Å². The SMILES string of the molecule is Cc1ccc(NCCOCC2CC2)c(C(=O)O)c1. The number of hydrogen-bond acceptors (Lipinski definition) is 3. The smallest absolute Gasteiger partial charge is 0.337 e. The number of carboxylic acid groups (broad SMARTS) is 1. The van der Waals surface area contributed by atoms with Crippen LogP contribution in [0.5, 0.6) is 0 Å². The van der Waals surface area contributed by atoms with Crippen LogP contribution in [0.15, 0.2) is 18.2 Å². The zero-order valence-electron chi connectivity index (χ0n) is 10.6. The Morgan fingerprint density at radius 3 is 2.94 bits per heavy atom. The lowest BCUT2D eigenvalue weighted by Crippen LogP contribution is -2.13. The van der Waals surface area contributed by atoms with Crippen molar-refractivity contribution in [1.82, 2.24) is 0 Å². The average molecular weight is 249 g/mol. The molecule has 98 valence electrons. The van der Waals surface area contributed by atoms with Crippen LogP contribution >= 0.6 is 0 Å². The van der Waals surface area contributed by atoms with Crippen molar-refractivity contribution in [2.75, 3.05) is 25.1 Å². The van der Waals surface area contributed by atoms with Gasteiger partial charge in [-0.05, 0) is 37.8 Å². The van der Waals surface area contributed by atoms with E-state index >= 15 is 0 Å². The number of carbonyl (C=O) groups is 1. The van der Waals surface area contributed by atoms with Crippen LogP contribution in [0.25, 0.3) is 0 Å². The standard InChI is InChI=1S/C14H19NO3/c1-10-2-5-13(12(8-10)14(16)17)15-6-7-18-9-11-3-4-11/h2,5,8,11,15H,3-4,6-7,9H2,1H3,(H,16,17). The second-order valence-corrected chi connectivity index (χ2v) is 4.80. The van der Waals surface area contributed by atoms with E-state index in [4.69, 9.17) is 9.84 Å². The number of benzene rings is 1. The van der Waals surface area contributed by atoms with Gasteiger partial charge in [0.2, 0.25) is 0 Å². The Balaban J connectivity index is 1.81. The second kappa shape index (κ2) is 5.87. The van der Waals surface area contributed by atoms with Gasteiger partial charge in [-0.1, -0.05) is 11.6 Å². The molecule has 0 aromatic heterocycles. The summed E-state index contributed by atoms with van der Waals surface area (Å²) < 4.78 is 5.49. The summed E-state index contributed by atoms with van der Waals surface area (Å²) in [6.45, 7) is 3.97. The third-order valence-electron chi connectivity index (χ3n) is 3.02. The van der Waals surface area contributed by atoms with Crippen molar-refractivity contribution < 1.29 is 14.6 Å². The minimum Gasteiger partial charge on any atom is -0.478 e. The number of aromatic carboxylic acids is 1. The van der Waals surface area contributed by atoms with Crippen molar-refractivity contribution in [1.29, 1.82) is 0 Å². The van der Waals surface area contributed by atoms with E-state index < -0.39 is 5.97 Å². The third-order valence-corrected chi connectivity index (χ3v) is 3.02. The Morgan fingerprint density at radius 1 is 1.50 bits per heavy atom. The molecular formula is C14H19NO3. The molecule has 0 amide bonds. The van der Waals surface area contributed by atoms with Gasteiger partial charge in [0, 0.05) is 18.8 Å². The fourth-order valence-electron chi connectivity index (χ4n) is 1.78. The monoisotopic (exact) mass is 249 g/mol. The molecule has 18 heavy (non-hydrogen) atoms. The quantitative estimate of drug-likeness (QED) is 0.729. The van der Waals surface area contributed by atoms with Gasteiger partial charge in [-0.25, -0.2) is 4.79 Å². The molecule has 4 nitrogen and oxygen atoms in total. The van der Waals surface area contributed by atoms with Crippen molar-refractivity contribution in [3.8, 4) is 0 Å². The van der Waals surface area contributed by atoms with Crippen molar-refractivity contribution in [3.05, 3.63) is 29.3 Å². The van der Waals surface area contributed by atoms with Gasteiger partial charge in [0.25, 0.3) is 0 Å². The zero-order valence-corrected chi connectivity index (χ0v) is 10.6. The fourth-order valence-corrected chi connectivity index (χ4v) is 1.78. The van der Waals surface area contributed by atoms with Crippen LogP contribution < -0.4 is 5.32 Å². The van der Waals surface area contributed by atoms with Crippen LogP contribution in [-0.4, -0.2) is 30.8 Å². The molecule has 2 rings (SSSR count). The van der Waals surface area contributed by atoms with Gasteiger partial charge in [0.1, 0.15) is 0 Å². The Hall–Kier alpha value is -1.55. The number of ether oxygens (including phenoxy) is 1. The first-order valence-electron chi connectivity index (χ1n) is 6.32. The van der Waals surface area contributed by atoms with Gasteiger partial charge in [-0.2, -0.15) is 0 Å². The van der Waals surface area contributed by atoms with Crippen LogP contribution in [0, 0.1) is 12.8 Å². The van der Waals surface area contributed by atoms with Gasteiger partial charge in [-0.3, -0.25) is 0 Å². The van der Waals surface area contributed by atoms with Crippen LogP contribution in [-0.2, 0) is 4.74 Å². The second-order valence-electron chi connectivity index (χ2n) is 4.80. The van der Waals surface area contributed by atoms with Gasteiger partial charge >= 0.3 is 5.97 Å². The largest absolute Gasteiger partial charge is 0.478 e. The summed E-state index contributed by atoms with van der Waals surface area (Å²) in [6.07, 6.45) is 2.57. The number of nitrogens with one attached hydrogen (secondary N) is 1. The first-order chi connectivity index (χ1) is 8.66. The summed E-state index contributed by atoms with van der Waals surface area (Å²) in [6, 6.07) is 5.38. The molecule has 1 aromatic carbocycles. The Labute approximate surface area is 107 Å². The first kappa shape index (κ1) is 12.9. The molecule has 2 N–H and O–H groups in total. The third kappa shape index (κ3) is 3.74. The number of hydrogen-bond donors (Lipinski definition) is 2. The number of carboxylic acids is 1. The summed E-state index contributed by atoms with van der Waals surface area (Å²) in [5, 5.41) is 12.2. The van der Waals surface area contributed by atoms with Crippen molar-refractivity contribution >= 4 is 11.7 Å². The molecule has 1 saturated carbocycles. The lowest BCUT2D eigenvalue weighted by atomic mass is 10.1. The summed E-state index contributed by atoms with van der Waals surface area (Å²) in [5.74, 6) is -0.140. The molecular weight excluding hydrogens is 230 g/mol. The van der Waals surface area contributed by atoms with Crippen LogP contribution in [0.4, 0.5) is 5.69 Å². The van der Waals surface area contributed by atoms with Gasteiger partial charge in [0.05, 0.1) is 12.2 Å². The molecule has 1 aliphatic rings.